The third kappa shape index (κ3) is 6.24. The molecule has 29 heavy (non-hydrogen) atoms. The maximum Gasteiger partial charge on any atom is 0.325 e. The van der Waals surface area contributed by atoms with Crippen LogP contribution in [-0.4, -0.2) is 67.0 Å². The largest absolute Gasteiger partial charge is 0.340 e. The fourth-order valence-corrected chi connectivity index (χ4v) is 4.49. The minimum absolute atomic E-state index is 0.0255. The van der Waals surface area contributed by atoms with Crippen LogP contribution in [0.15, 0.2) is 35.7 Å². The second kappa shape index (κ2) is 9.33. The lowest BCUT2D eigenvalue weighted by molar-refractivity contribution is -0.132. The van der Waals surface area contributed by atoms with E-state index in [0.29, 0.717) is 43.4 Å². The van der Waals surface area contributed by atoms with Gasteiger partial charge in [0.05, 0.1) is 11.9 Å². The third-order valence-electron chi connectivity index (χ3n) is 4.46. The number of nitrogens with zero attached hydrogens (tertiary/aromatic N) is 3. The van der Waals surface area contributed by atoms with Gasteiger partial charge in [-0.3, -0.25) is 10.1 Å². The number of hydrogen-bond donors (Lipinski definition) is 2. The molecule has 1 aliphatic heterocycles. The number of sulfonamides is 1. The van der Waals surface area contributed by atoms with Gasteiger partial charge in [0.15, 0.2) is 5.13 Å². The number of thiazole rings is 1. The summed E-state index contributed by atoms with van der Waals surface area (Å²) in [5.41, 5.74) is 1.41. The van der Waals surface area contributed by atoms with Crippen molar-refractivity contribution in [3.63, 3.8) is 0 Å². The number of urea groups is 1. The second-order valence-electron chi connectivity index (χ2n) is 6.63. The minimum atomic E-state index is -3.21. The first-order chi connectivity index (χ1) is 13.8. The molecule has 0 spiro atoms. The van der Waals surface area contributed by atoms with Crippen LogP contribution < -0.4 is 10.6 Å². The molecule has 2 aromatic rings. The Morgan fingerprint density at radius 2 is 1.79 bits per heavy atom. The third-order valence-corrected chi connectivity index (χ3v) is 6.57. The van der Waals surface area contributed by atoms with Crippen LogP contribution in [0.1, 0.15) is 12.1 Å². The average molecular weight is 438 g/mol. The first kappa shape index (κ1) is 21.2. The van der Waals surface area contributed by atoms with E-state index in [0.717, 1.165) is 5.69 Å². The molecule has 11 heteroatoms. The Labute approximate surface area is 173 Å². The summed E-state index contributed by atoms with van der Waals surface area (Å²) in [4.78, 5) is 30.4. The van der Waals surface area contributed by atoms with Crippen molar-refractivity contribution in [1.29, 1.82) is 0 Å². The second-order valence-corrected chi connectivity index (χ2v) is 9.47. The zero-order chi connectivity index (χ0) is 20.9. The standard InChI is InChI=1S/C18H23N5O4S2/c1-29(26,27)23-11-9-22(10-12-23)16(24)8-7-15-13-28-18(20-15)21-17(25)19-14-5-3-2-4-6-14/h2-6,13H,7-12H2,1H3,(H2,19,20,21,25). The van der Waals surface area contributed by atoms with Crippen molar-refractivity contribution >= 4 is 44.1 Å². The van der Waals surface area contributed by atoms with E-state index in [2.05, 4.69) is 15.6 Å². The number of aryl methyl sites for hydroxylation is 1. The number of hydrogen-bond acceptors (Lipinski definition) is 6. The van der Waals surface area contributed by atoms with E-state index >= 15 is 0 Å². The van der Waals surface area contributed by atoms with Gasteiger partial charge in [-0.2, -0.15) is 4.31 Å². The van der Waals surface area contributed by atoms with Gasteiger partial charge in [-0.25, -0.2) is 18.2 Å². The predicted molar refractivity (Wildman–Crippen MR) is 113 cm³/mol. The van der Waals surface area contributed by atoms with Gasteiger partial charge in [0, 0.05) is 43.7 Å². The molecule has 3 amide bonds. The van der Waals surface area contributed by atoms with E-state index in [4.69, 9.17) is 0 Å². The normalized spacial score (nSPS) is 15.1. The van der Waals surface area contributed by atoms with Crippen molar-refractivity contribution in [2.24, 2.45) is 0 Å². The number of carbonyl (C=O) groups is 2. The highest BCUT2D eigenvalue weighted by atomic mass is 32.2. The van der Waals surface area contributed by atoms with Gasteiger partial charge < -0.3 is 10.2 Å². The maximum absolute atomic E-state index is 12.4. The van der Waals surface area contributed by atoms with E-state index in [9.17, 15) is 18.0 Å². The molecule has 0 atom stereocenters. The fraction of sp³-hybridized carbons (Fsp3) is 0.389. The minimum Gasteiger partial charge on any atom is -0.340 e. The Bertz CT molecular complexity index is 954. The Morgan fingerprint density at radius 1 is 1.10 bits per heavy atom. The SMILES string of the molecule is CS(=O)(=O)N1CCN(C(=O)CCc2csc(NC(=O)Nc3ccccc3)n2)CC1. The quantitative estimate of drug-likeness (QED) is 0.716. The molecule has 2 heterocycles. The van der Waals surface area contributed by atoms with Gasteiger partial charge in [0.25, 0.3) is 0 Å². The summed E-state index contributed by atoms with van der Waals surface area (Å²) in [5.74, 6) is -0.0255. The number of aromatic nitrogens is 1. The van der Waals surface area contributed by atoms with Crippen LogP contribution in [0.5, 0.6) is 0 Å². The summed E-state index contributed by atoms with van der Waals surface area (Å²) in [6, 6.07) is 8.72. The fourth-order valence-electron chi connectivity index (χ4n) is 2.92. The smallest absolute Gasteiger partial charge is 0.325 e. The van der Waals surface area contributed by atoms with Crippen LogP contribution in [-0.2, 0) is 21.2 Å². The topological polar surface area (TPSA) is 112 Å². The van der Waals surface area contributed by atoms with Crippen LogP contribution in [0.4, 0.5) is 15.6 Å². The summed E-state index contributed by atoms with van der Waals surface area (Å²) in [6.07, 6.45) is 1.93. The number of amides is 3. The summed E-state index contributed by atoms with van der Waals surface area (Å²) >= 11 is 1.30. The first-order valence-corrected chi connectivity index (χ1v) is 11.8. The molecule has 0 radical (unpaired) electrons. The highest BCUT2D eigenvalue weighted by Gasteiger charge is 2.25. The number of piperazine rings is 1. The van der Waals surface area contributed by atoms with Gasteiger partial charge in [-0.15, -0.1) is 11.3 Å². The monoisotopic (exact) mass is 437 g/mol. The van der Waals surface area contributed by atoms with Crippen molar-refractivity contribution < 1.29 is 18.0 Å². The Hall–Kier alpha value is -2.50. The lowest BCUT2D eigenvalue weighted by Crippen LogP contribution is -2.50. The molecule has 0 aliphatic carbocycles. The molecule has 1 aromatic heterocycles. The van der Waals surface area contributed by atoms with Crippen molar-refractivity contribution in [1.82, 2.24) is 14.2 Å². The zero-order valence-corrected chi connectivity index (χ0v) is 17.6. The lowest BCUT2D eigenvalue weighted by Gasteiger charge is -2.33. The van der Waals surface area contributed by atoms with E-state index in [-0.39, 0.29) is 18.4 Å². The van der Waals surface area contributed by atoms with E-state index in [1.807, 2.05) is 23.6 Å². The molecule has 156 valence electrons. The maximum atomic E-state index is 12.4. The predicted octanol–water partition coefficient (Wildman–Crippen LogP) is 1.82. The molecule has 9 nitrogen and oxygen atoms in total. The lowest BCUT2D eigenvalue weighted by atomic mass is 10.2. The van der Waals surface area contributed by atoms with Gasteiger partial charge in [-0.1, -0.05) is 18.2 Å². The van der Waals surface area contributed by atoms with Crippen molar-refractivity contribution in [2.75, 3.05) is 43.1 Å². The number of anilines is 2. The molecule has 2 N–H and O–H groups in total. The number of carbonyl (C=O) groups excluding carboxylic acids is 2. The van der Waals surface area contributed by atoms with Crippen LogP contribution >= 0.6 is 11.3 Å². The highest BCUT2D eigenvalue weighted by Crippen LogP contribution is 2.18. The molecule has 0 saturated carbocycles. The Morgan fingerprint density at radius 3 is 2.45 bits per heavy atom. The molecular weight excluding hydrogens is 414 g/mol. The number of benzene rings is 1. The van der Waals surface area contributed by atoms with Crippen LogP contribution in [0, 0.1) is 0 Å². The number of para-hydroxylation sites is 1. The number of rotatable bonds is 6. The summed E-state index contributed by atoms with van der Waals surface area (Å²) in [5, 5.41) is 7.67. The van der Waals surface area contributed by atoms with E-state index in [1.165, 1.54) is 21.9 Å². The van der Waals surface area contributed by atoms with Crippen LogP contribution in [0.3, 0.4) is 0 Å². The molecular formula is C18H23N5O4S2. The van der Waals surface area contributed by atoms with E-state index < -0.39 is 10.0 Å². The van der Waals surface area contributed by atoms with E-state index in [1.54, 1.807) is 17.0 Å². The molecule has 0 unspecified atom stereocenters. The average Bonchev–Trinajstić information content (AvgIpc) is 3.13. The summed E-state index contributed by atoms with van der Waals surface area (Å²) in [6.45, 7) is 1.45. The molecule has 1 fully saturated rings. The molecule has 3 rings (SSSR count). The van der Waals surface area contributed by atoms with Gasteiger partial charge in [-0.05, 0) is 18.6 Å². The molecule has 0 bridgehead atoms. The highest BCUT2D eigenvalue weighted by molar-refractivity contribution is 7.88. The van der Waals surface area contributed by atoms with Crippen molar-refractivity contribution in [2.45, 2.75) is 12.8 Å². The van der Waals surface area contributed by atoms with Gasteiger partial charge in [0.1, 0.15) is 0 Å². The van der Waals surface area contributed by atoms with Crippen molar-refractivity contribution in [3.8, 4) is 0 Å². The molecule has 1 aromatic carbocycles. The van der Waals surface area contributed by atoms with Crippen LogP contribution in [0.2, 0.25) is 0 Å². The number of nitrogens with one attached hydrogen (secondary N) is 2. The Kier molecular flexibility index (Phi) is 6.83. The summed E-state index contributed by atoms with van der Waals surface area (Å²) < 4.78 is 24.5. The zero-order valence-electron chi connectivity index (χ0n) is 16.0. The first-order valence-electron chi connectivity index (χ1n) is 9.11. The van der Waals surface area contributed by atoms with Crippen LogP contribution in [0.25, 0.3) is 0 Å². The molecule has 1 saturated heterocycles. The molecule has 1 aliphatic rings. The Balaban J connectivity index is 1.43. The van der Waals surface area contributed by atoms with Gasteiger partial charge >= 0.3 is 6.03 Å². The van der Waals surface area contributed by atoms with Gasteiger partial charge in [0.2, 0.25) is 15.9 Å². The summed E-state index contributed by atoms with van der Waals surface area (Å²) in [7, 11) is -3.21. The van der Waals surface area contributed by atoms with Crippen molar-refractivity contribution in [3.05, 3.63) is 41.4 Å².